The normalized spacial score (nSPS) is 12.8. The van der Waals surface area contributed by atoms with Crippen LogP contribution in [0.3, 0.4) is 0 Å². The number of alkyl halides is 1. The number of hydrogen-bond acceptors (Lipinski definition) is 2. The zero-order valence-electron chi connectivity index (χ0n) is 8.10. The van der Waals surface area contributed by atoms with Crippen LogP contribution in [0.5, 0.6) is 0 Å². The zero-order valence-corrected chi connectivity index (χ0v) is 8.85. The van der Waals surface area contributed by atoms with Crippen LogP contribution in [-0.4, -0.2) is 22.0 Å². The first-order chi connectivity index (χ1) is 5.18. The maximum atomic E-state index is 9.81. The second-order valence-corrected chi connectivity index (χ2v) is 4.55. The summed E-state index contributed by atoms with van der Waals surface area (Å²) in [7, 11) is 0. The molecule has 74 valence electrons. The largest absolute Gasteiger partial charge is 0.480 e. The van der Waals surface area contributed by atoms with Crippen molar-refractivity contribution in [3.8, 4) is 0 Å². The molecule has 4 heteroatoms. The van der Waals surface area contributed by atoms with Gasteiger partial charge >= 0.3 is 5.97 Å². The molecule has 0 fully saturated rings. The average molecular weight is 196 g/mol. The molecule has 0 aromatic rings. The SMILES string of the molecule is CC(C)(C)Cl.CC[C@@H](N)C(=O)O. The van der Waals surface area contributed by atoms with Crippen LogP contribution in [0.25, 0.3) is 0 Å². The number of aliphatic carboxylic acids is 1. The molecule has 0 aromatic carbocycles. The summed E-state index contributed by atoms with van der Waals surface area (Å²) in [6.07, 6.45) is 0.495. The summed E-state index contributed by atoms with van der Waals surface area (Å²) in [6.45, 7) is 7.59. The van der Waals surface area contributed by atoms with Gasteiger partial charge in [-0.1, -0.05) is 6.92 Å². The van der Waals surface area contributed by atoms with Gasteiger partial charge in [-0.05, 0) is 27.2 Å². The van der Waals surface area contributed by atoms with Crippen molar-refractivity contribution in [3.05, 3.63) is 0 Å². The van der Waals surface area contributed by atoms with Gasteiger partial charge in [0, 0.05) is 4.87 Å². The van der Waals surface area contributed by atoms with E-state index in [4.69, 9.17) is 22.4 Å². The Bertz CT molecular complexity index is 126. The Morgan fingerprint density at radius 3 is 1.83 bits per heavy atom. The molecule has 1 atom stereocenters. The Balaban J connectivity index is 0. The van der Waals surface area contributed by atoms with Crippen LogP contribution in [0.1, 0.15) is 34.1 Å². The molecule has 0 aliphatic carbocycles. The molecular formula is C8H18ClNO2. The fourth-order valence-corrected chi connectivity index (χ4v) is 0.175. The van der Waals surface area contributed by atoms with Crippen molar-refractivity contribution in [1.82, 2.24) is 0 Å². The van der Waals surface area contributed by atoms with E-state index in [9.17, 15) is 4.79 Å². The predicted octanol–water partition coefficient (Wildman–Crippen LogP) is 1.83. The Labute approximate surface area is 78.9 Å². The highest BCUT2D eigenvalue weighted by Crippen LogP contribution is 2.07. The van der Waals surface area contributed by atoms with Gasteiger partial charge in [-0.3, -0.25) is 4.79 Å². The number of rotatable bonds is 2. The van der Waals surface area contributed by atoms with Crippen molar-refractivity contribution in [2.24, 2.45) is 5.73 Å². The highest BCUT2D eigenvalue weighted by atomic mass is 35.5. The Kier molecular flexibility index (Phi) is 7.44. The fraction of sp³-hybridized carbons (Fsp3) is 0.875. The maximum absolute atomic E-state index is 9.81. The lowest BCUT2D eigenvalue weighted by atomic mass is 10.2. The molecular weight excluding hydrogens is 178 g/mol. The summed E-state index contributed by atoms with van der Waals surface area (Å²) in [4.78, 5) is 9.78. The van der Waals surface area contributed by atoms with Crippen LogP contribution < -0.4 is 5.73 Å². The van der Waals surface area contributed by atoms with Gasteiger partial charge in [-0.25, -0.2) is 0 Å². The van der Waals surface area contributed by atoms with Crippen molar-refractivity contribution in [1.29, 1.82) is 0 Å². The quantitative estimate of drug-likeness (QED) is 0.661. The van der Waals surface area contributed by atoms with E-state index >= 15 is 0 Å². The first-order valence-electron chi connectivity index (χ1n) is 3.85. The second kappa shape index (κ2) is 6.26. The van der Waals surface area contributed by atoms with Crippen molar-refractivity contribution in [2.45, 2.75) is 45.0 Å². The van der Waals surface area contributed by atoms with Crippen LogP contribution in [0, 0.1) is 0 Å². The molecule has 0 heterocycles. The summed E-state index contributed by atoms with van der Waals surface area (Å²) in [5, 5.41) is 8.06. The molecule has 0 radical (unpaired) electrons. The van der Waals surface area contributed by atoms with Crippen LogP contribution in [0.15, 0.2) is 0 Å². The number of carbonyl (C=O) groups is 1. The van der Waals surface area contributed by atoms with Crippen LogP contribution in [0.2, 0.25) is 0 Å². The van der Waals surface area contributed by atoms with Gasteiger partial charge in [0.15, 0.2) is 0 Å². The minimum absolute atomic E-state index is 0.0278. The van der Waals surface area contributed by atoms with E-state index in [0.29, 0.717) is 6.42 Å². The van der Waals surface area contributed by atoms with Gasteiger partial charge in [0.25, 0.3) is 0 Å². The van der Waals surface area contributed by atoms with E-state index < -0.39 is 12.0 Å². The number of halogens is 1. The summed E-state index contributed by atoms with van der Waals surface area (Å²) in [6, 6.07) is -0.681. The number of carboxylic acids is 1. The van der Waals surface area contributed by atoms with Gasteiger partial charge in [0.1, 0.15) is 6.04 Å². The average Bonchev–Trinajstić information content (AvgIpc) is 1.82. The molecule has 0 unspecified atom stereocenters. The third kappa shape index (κ3) is 22.6. The molecule has 12 heavy (non-hydrogen) atoms. The van der Waals surface area contributed by atoms with Crippen molar-refractivity contribution in [2.75, 3.05) is 0 Å². The van der Waals surface area contributed by atoms with E-state index in [1.807, 2.05) is 20.8 Å². The molecule has 3 nitrogen and oxygen atoms in total. The van der Waals surface area contributed by atoms with Gasteiger partial charge in [0.05, 0.1) is 0 Å². The topological polar surface area (TPSA) is 63.3 Å². The van der Waals surface area contributed by atoms with Gasteiger partial charge in [0.2, 0.25) is 0 Å². The Morgan fingerprint density at radius 2 is 1.83 bits per heavy atom. The van der Waals surface area contributed by atoms with Gasteiger partial charge in [-0.15, -0.1) is 11.6 Å². The van der Waals surface area contributed by atoms with E-state index in [2.05, 4.69) is 0 Å². The summed E-state index contributed by atoms with van der Waals surface area (Å²) in [5.74, 6) is -0.928. The summed E-state index contributed by atoms with van der Waals surface area (Å²) < 4.78 is 0. The maximum Gasteiger partial charge on any atom is 0.320 e. The van der Waals surface area contributed by atoms with E-state index in [1.165, 1.54) is 0 Å². The van der Waals surface area contributed by atoms with Gasteiger partial charge in [-0.2, -0.15) is 0 Å². The highest BCUT2D eigenvalue weighted by Gasteiger charge is 2.05. The first-order valence-corrected chi connectivity index (χ1v) is 4.23. The van der Waals surface area contributed by atoms with Crippen LogP contribution >= 0.6 is 11.6 Å². The molecule has 0 aliphatic rings. The van der Waals surface area contributed by atoms with E-state index in [1.54, 1.807) is 6.92 Å². The van der Waals surface area contributed by atoms with Crippen LogP contribution in [0.4, 0.5) is 0 Å². The zero-order chi connectivity index (χ0) is 10.4. The van der Waals surface area contributed by atoms with Gasteiger partial charge < -0.3 is 10.8 Å². The highest BCUT2D eigenvalue weighted by molar-refractivity contribution is 6.23. The molecule has 0 aromatic heterocycles. The van der Waals surface area contributed by atoms with Crippen molar-refractivity contribution >= 4 is 17.6 Å². The van der Waals surface area contributed by atoms with Crippen molar-refractivity contribution < 1.29 is 9.90 Å². The number of carboxylic acid groups (broad SMARTS) is 1. The van der Waals surface area contributed by atoms with E-state index in [0.717, 1.165) is 0 Å². The lowest BCUT2D eigenvalue weighted by Crippen LogP contribution is -2.28. The molecule has 0 spiro atoms. The lowest BCUT2D eigenvalue weighted by molar-refractivity contribution is -0.138. The minimum Gasteiger partial charge on any atom is -0.480 e. The molecule has 0 aliphatic heterocycles. The molecule has 0 saturated carbocycles. The third-order valence-corrected chi connectivity index (χ3v) is 0.757. The molecule has 3 N–H and O–H groups in total. The van der Waals surface area contributed by atoms with Crippen LogP contribution in [-0.2, 0) is 4.79 Å². The standard InChI is InChI=1S/C4H9Cl.C4H9NO2/c1-4(2,3)5;1-2-3(5)4(6)7/h1-3H3;3H,2,5H2,1H3,(H,6,7)/t;3-/m.1/s1. The number of nitrogens with two attached hydrogens (primary N) is 1. The molecule has 0 saturated heterocycles. The second-order valence-electron chi connectivity index (χ2n) is 3.42. The first kappa shape index (κ1) is 14.3. The Morgan fingerprint density at radius 1 is 1.58 bits per heavy atom. The number of hydrogen-bond donors (Lipinski definition) is 2. The monoisotopic (exact) mass is 195 g/mol. The lowest BCUT2D eigenvalue weighted by Gasteiger charge is -2.01. The molecule has 0 rings (SSSR count). The predicted molar refractivity (Wildman–Crippen MR) is 51.5 cm³/mol. The Hall–Kier alpha value is -0.280. The fourth-order valence-electron chi connectivity index (χ4n) is 0.175. The molecule has 0 bridgehead atoms. The van der Waals surface area contributed by atoms with E-state index in [-0.39, 0.29) is 4.87 Å². The minimum atomic E-state index is -0.928. The summed E-state index contributed by atoms with van der Waals surface area (Å²) >= 11 is 5.53. The molecule has 0 amide bonds. The third-order valence-electron chi connectivity index (χ3n) is 0.757. The van der Waals surface area contributed by atoms with Crippen molar-refractivity contribution in [3.63, 3.8) is 0 Å². The summed E-state index contributed by atoms with van der Waals surface area (Å²) in [5.41, 5.74) is 5.02. The smallest absolute Gasteiger partial charge is 0.320 e.